The summed E-state index contributed by atoms with van der Waals surface area (Å²) >= 11 is 0. The molecule has 0 bridgehead atoms. The number of aryl methyl sites for hydroxylation is 1. The first-order valence-electron chi connectivity index (χ1n) is 8.54. The van der Waals surface area contributed by atoms with Gasteiger partial charge in [0.2, 0.25) is 0 Å². The number of nitrogens with one attached hydrogen (secondary N) is 1. The molecule has 2 aromatic rings. The SMILES string of the molecule is COc1ccc(C(=O)NC[C@@H](c2cccn2C)N2CCOCC2)cc1. The van der Waals surface area contributed by atoms with Gasteiger partial charge in [0, 0.05) is 44.1 Å². The standard InChI is InChI=1S/C19H25N3O3/c1-21-9-3-4-17(21)18(22-10-12-25-13-11-22)14-20-19(23)15-5-7-16(24-2)8-6-15/h3-9,18H,10-14H2,1-2H3,(H,20,23)/t18-/m0/s1. The zero-order chi connectivity index (χ0) is 17.6. The van der Waals surface area contributed by atoms with Crippen LogP contribution in [-0.2, 0) is 11.8 Å². The average molecular weight is 343 g/mol. The molecule has 1 aromatic carbocycles. The summed E-state index contributed by atoms with van der Waals surface area (Å²) in [6.45, 7) is 3.76. The van der Waals surface area contributed by atoms with Gasteiger partial charge in [0.15, 0.2) is 0 Å². The van der Waals surface area contributed by atoms with Gasteiger partial charge in [0.25, 0.3) is 5.91 Å². The van der Waals surface area contributed by atoms with Crippen LogP contribution in [0.4, 0.5) is 0 Å². The van der Waals surface area contributed by atoms with E-state index in [4.69, 9.17) is 9.47 Å². The minimum atomic E-state index is -0.0740. The van der Waals surface area contributed by atoms with Crippen molar-refractivity contribution < 1.29 is 14.3 Å². The van der Waals surface area contributed by atoms with Crippen LogP contribution in [-0.4, -0.2) is 55.3 Å². The van der Waals surface area contributed by atoms with Gasteiger partial charge < -0.3 is 19.4 Å². The zero-order valence-corrected chi connectivity index (χ0v) is 14.8. The highest BCUT2D eigenvalue weighted by atomic mass is 16.5. The van der Waals surface area contributed by atoms with Crippen LogP contribution in [0.3, 0.4) is 0 Å². The Balaban J connectivity index is 1.69. The van der Waals surface area contributed by atoms with Crippen molar-refractivity contribution in [1.29, 1.82) is 0 Å². The second kappa shape index (κ2) is 8.18. The smallest absolute Gasteiger partial charge is 0.251 e. The van der Waals surface area contributed by atoms with Crippen molar-refractivity contribution in [2.75, 3.05) is 40.0 Å². The maximum Gasteiger partial charge on any atom is 0.251 e. The van der Waals surface area contributed by atoms with Gasteiger partial charge in [0.05, 0.1) is 26.4 Å². The number of carbonyl (C=O) groups is 1. The van der Waals surface area contributed by atoms with Gasteiger partial charge in [-0.1, -0.05) is 0 Å². The molecule has 6 heteroatoms. The molecule has 0 saturated carbocycles. The summed E-state index contributed by atoms with van der Waals surface area (Å²) in [7, 11) is 3.65. The molecular formula is C19H25N3O3. The van der Waals surface area contributed by atoms with Gasteiger partial charge in [-0.25, -0.2) is 0 Å². The lowest BCUT2D eigenvalue weighted by Gasteiger charge is -2.35. The Bertz CT molecular complexity index is 690. The molecule has 0 spiro atoms. The number of hydrogen-bond donors (Lipinski definition) is 1. The topological polar surface area (TPSA) is 55.7 Å². The first-order chi connectivity index (χ1) is 12.2. The van der Waals surface area contributed by atoms with E-state index in [2.05, 4.69) is 20.9 Å². The summed E-state index contributed by atoms with van der Waals surface area (Å²) in [5, 5.41) is 3.07. The Morgan fingerprint density at radius 3 is 2.56 bits per heavy atom. The Morgan fingerprint density at radius 1 is 1.24 bits per heavy atom. The number of aromatic nitrogens is 1. The lowest BCUT2D eigenvalue weighted by atomic mass is 10.1. The van der Waals surface area contributed by atoms with Crippen LogP contribution in [0.25, 0.3) is 0 Å². The molecule has 1 atom stereocenters. The van der Waals surface area contributed by atoms with Crippen molar-refractivity contribution >= 4 is 5.91 Å². The molecule has 6 nitrogen and oxygen atoms in total. The summed E-state index contributed by atoms with van der Waals surface area (Å²) in [5.41, 5.74) is 1.82. The number of hydrogen-bond acceptors (Lipinski definition) is 4. The number of morpholine rings is 1. The Labute approximate surface area is 148 Å². The number of nitrogens with zero attached hydrogens (tertiary/aromatic N) is 2. The van der Waals surface area contributed by atoms with Crippen LogP contribution in [0.15, 0.2) is 42.6 Å². The molecule has 1 aliphatic heterocycles. The molecule has 1 amide bonds. The van der Waals surface area contributed by atoms with Gasteiger partial charge in [-0.2, -0.15) is 0 Å². The van der Waals surface area contributed by atoms with Crippen LogP contribution in [0.2, 0.25) is 0 Å². The first-order valence-corrected chi connectivity index (χ1v) is 8.54. The molecule has 25 heavy (non-hydrogen) atoms. The molecule has 3 rings (SSSR count). The van der Waals surface area contributed by atoms with Crippen molar-refractivity contribution in [2.24, 2.45) is 7.05 Å². The largest absolute Gasteiger partial charge is 0.497 e. The number of amides is 1. The predicted octanol–water partition coefficient (Wildman–Crippen LogP) is 1.84. The maximum atomic E-state index is 12.5. The zero-order valence-electron chi connectivity index (χ0n) is 14.8. The maximum absolute atomic E-state index is 12.5. The van der Waals surface area contributed by atoms with E-state index in [-0.39, 0.29) is 11.9 Å². The van der Waals surface area contributed by atoms with E-state index < -0.39 is 0 Å². The third-order valence-corrected chi connectivity index (χ3v) is 4.62. The number of benzene rings is 1. The molecule has 0 unspecified atom stereocenters. The number of rotatable bonds is 6. The highest BCUT2D eigenvalue weighted by molar-refractivity contribution is 5.94. The molecule has 1 fully saturated rings. The van der Waals surface area contributed by atoms with E-state index in [1.165, 1.54) is 5.69 Å². The Hall–Kier alpha value is -2.31. The third kappa shape index (κ3) is 4.21. The van der Waals surface area contributed by atoms with Gasteiger partial charge in [-0.05, 0) is 36.4 Å². The number of ether oxygens (including phenoxy) is 2. The van der Waals surface area contributed by atoms with Gasteiger partial charge in [-0.3, -0.25) is 9.69 Å². The summed E-state index contributed by atoms with van der Waals surface area (Å²) in [6.07, 6.45) is 2.04. The summed E-state index contributed by atoms with van der Waals surface area (Å²) in [5.74, 6) is 0.668. The first kappa shape index (κ1) is 17.5. The van der Waals surface area contributed by atoms with Crippen LogP contribution in [0.1, 0.15) is 22.1 Å². The quantitative estimate of drug-likeness (QED) is 0.870. The molecule has 134 valence electrons. The molecule has 1 aromatic heterocycles. The highest BCUT2D eigenvalue weighted by Crippen LogP contribution is 2.21. The minimum absolute atomic E-state index is 0.0740. The fraction of sp³-hybridized carbons (Fsp3) is 0.421. The molecule has 1 saturated heterocycles. The number of carbonyl (C=O) groups excluding carboxylic acids is 1. The van der Waals surface area contributed by atoms with E-state index in [0.29, 0.717) is 12.1 Å². The Morgan fingerprint density at radius 2 is 1.96 bits per heavy atom. The van der Waals surface area contributed by atoms with E-state index >= 15 is 0 Å². The summed E-state index contributed by atoms with van der Waals surface area (Å²) in [6, 6.07) is 11.4. The second-order valence-electron chi connectivity index (χ2n) is 6.15. The summed E-state index contributed by atoms with van der Waals surface area (Å²) in [4.78, 5) is 14.9. The highest BCUT2D eigenvalue weighted by Gasteiger charge is 2.25. The fourth-order valence-corrected chi connectivity index (χ4v) is 3.16. The number of methoxy groups -OCH3 is 1. The van der Waals surface area contributed by atoms with Gasteiger partial charge in [0.1, 0.15) is 5.75 Å². The van der Waals surface area contributed by atoms with Crippen molar-refractivity contribution in [3.63, 3.8) is 0 Å². The van der Waals surface area contributed by atoms with Crippen molar-refractivity contribution in [1.82, 2.24) is 14.8 Å². The van der Waals surface area contributed by atoms with E-state index in [1.54, 1.807) is 31.4 Å². The molecular weight excluding hydrogens is 318 g/mol. The van der Waals surface area contributed by atoms with E-state index in [1.807, 2.05) is 19.3 Å². The van der Waals surface area contributed by atoms with Gasteiger partial charge >= 0.3 is 0 Å². The third-order valence-electron chi connectivity index (χ3n) is 4.62. The van der Waals surface area contributed by atoms with Crippen molar-refractivity contribution in [3.8, 4) is 5.75 Å². The normalized spacial score (nSPS) is 16.4. The lowest BCUT2D eigenvalue weighted by molar-refractivity contribution is 0.0148. The molecule has 2 heterocycles. The average Bonchev–Trinajstić information content (AvgIpc) is 3.08. The molecule has 1 N–H and O–H groups in total. The Kier molecular flexibility index (Phi) is 5.73. The summed E-state index contributed by atoms with van der Waals surface area (Å²) < 4.78 is 12.7. The van der Waals surface area contributed by atoms with Gasteiger partial charge in [-0.15, -0.1) is 0 Å². The van der Waals surface area contributed by atoms with E-state index in [9.17, 15) is 4.79 Å². The molecule has 0 radical (unpaired) electrons. The van der Waals surface area contributed by atoms with Crippen molar-refractivity contribution in [3.05, 3.63) is 53.9 Å². The van der Waals surface area contributed by atoms with Crippen LogP contribution in [0, 0.1) is 0 Å². The van der Waals surface area contributed by atoms with E-state index in [0.717, 1.165) is 32.1 Å². The van der Waals surface area contributed by atoms with Crippen molar-refractivity contribution in [2.45, 2.75) is 6.04 Å². The van der Waals surface area contributed by atoms with Crippen LogP contribution < -0.4 is 10.1 Å². The minimum Gasteiger partial charge on any atom is -0.497 e. The molecule has 0 aliphatic carbocycles. The monoisotopic (exact) mass is 343 g/mol. The predicted molar refractivity (Wildman–Crippen MR) is 95.9 cm³/mol. The van der Waals surface area contributed by atoms with Crippen LogP contribution >= 0.6 is 0 Å². The fourth-order valence-electron chi connectivity index (χ4n) is 3.16. The van der Waals surface area contributed by atoms with Crippen LogP contribution in [0.5, 0.6) is 5.75 Å². The second-order valence-corrected chi connectivity index (χ2v) is 6.15. The lowest BCUT2D eigenvalue weighted by Crippen LogP contribution is -2.44. The molecule has 1 aliphatic rings.